The molecule has 0 aromatic heterocycles. The second-order valence-corrected chi connectivity index (χ2v) is 9.59. The number of aliphatic hydroxyl groups excluding tert-OH is 1. The molecule has 0 saturated carbocycles. The van der Waals surface area contributed by atoms with Crippen LogP contribution in [0.25, 0.3) is 0 Å². The molecule has 0 aliphatic carbocycles. The van der Waals surface area contributed by atoms with Crippen molar-refractivity contribution in [2.45, 2.75) is 26.6 Å². The van der Waals surface area contributed by atoms with Gasteiger partial charge in [0.15, 0.2) is 5.85 Å². The Balaban J connectivity index is 3.09. The van der Waals surface area contributed by atoms with Gasteiger partial charge in [-0.3, -0.25) is 9.13 Å². The highest BCUT2D eigenvalue weighted by atomic mass is 31.2. The van der Waals surface area contributed by atoms with Crippen molar-refractivity contribution in [3.8, 4) is 0 Å². The molecule has 1 N–H and O–H groups in total. The van der Waals surface area contributed by atoms with Crippen LogP contribution in [0.15, 0.2) is 30.3 Å². The Morgan fingerprint density at radius 1 is 0.955 bits per heavy atom. The Labute approximate surface area is 131 Å². The van der Waals surface area contributed by atoms with E-state index in [1.807, 2.05) is 0 Å². The lowest BCUT2D eigenvalue weighted by Gasteiger charge is -2.27. The Bertz CT molecular complexity index is 523. The van der Waals surface area contributed by atoms with Gasteiger partial charge in [-0.15, -0.1) is 0 Å². The van der Waals surface area contributed by atoms with E-state index in [0.29, 0.717) is 5.56 Å². The largest absolute Gasteiger partial charge is 0.378 e. The number of rotatable bonds is 10. The maximum atomic E-state index is 13.1. The van der Waals surface area contributed by atoms with Crippen molar-refractivity contribution in [2.24, 2.45) is 0 Å². The molecule has 0 aliphatic heterocycles. The minimum Gasteiger partial charge on any atom is -0.378 e. The topological polar surface area (TPSA) is 82.1 Å². The van der Waals surface area contributed by atoms with E-state index in [0.717, 1.165) is 0 Å². The fourth-order valence-electron chi connectivity index (χ4n) is 2.01. The molecule has 0 amide bonds. The van der Waals surface area contributed by atoms with Gasteiger partial charge in [0.1, 0.15) is 5.90 Å². The van der Waals surface area contributed by atoms with Crippen LogP contribution in [0.2, 0.25) is 0 Å². The van der Waals surface area contributed by atoms with Crippen molar-refractivity contribution in [3.05, 3.63) is 35.9 Å². The summed E-state index contributed by atoms with van der Waals surface area (Å²) in [7, 11) is -7.26. The number of hydrogen-bond donors (Lipinski definition) is 1. The van der Waals surface area contributed by atoms with Crippen molar-refractivity contribution in [1.29, 1.82) is 0 Å². The van der Waals surface area contributed by atoms with Crippen LogP contribution in [0.5, 0.6) is 0 Å². The fraction of sp³-hybridized carbons (Fsp3) is 0.571. The zero-order valence-corrected chi connectivity index (χ0v) is 15.0. The smallest absolute Gasteiger partial charge is 0.340 e. The van der Waals surface area contributed by atoms with Gasteiger partial charge in [-0.25, -0.2) is 0 Å². The molecule has 2 unspecified atom stereocenters. The van der Waals surface area contributed by atoms with E-state index >= 15 is 0 Å². The zero-order chi connectivity index (χ0) is 16.6. The van der Waals surface area contributed by atoms with Crippen molar-refractivity contribution >= 4 is 15.0 Å². The first-order chi connectivity index (χ1) is 10.4. The molecule has 1 rings (SSSR count). The van der Waals surface area contributed by atoms with Gasteiger partial charge in [0, 0.05) is 0 Å². The van der Waals surface area contributed by atoms with E-state index in [1.54, 1.807) is 51.1 Å². The maximum absolute atomic E-state index is 13.1. The van der Waals surface area contributed by atoms with Gasteiger partial charge in [0.25, 0.3) is 0 Å². The molecular weight excluding hydrogens is 326 g/mol. The molecule has 8 heteroatoms. The van der Waals surface area contributed by atoms with Gasteiger partial charge in [0.05, 0.1) is 19.8 Å². The summed E-state index contributed by atoms with van der Waals surface area (Å²) < 4.78 is 41.3. The molecule has 0 radical (unpaired) electrons. The summed E-state index contributed by atoms with van der Waals surface area (Å²) in [6, 6.07) is 8.51. The molecule has 0 aliphatic rings. The van der Waals surface area contributed by atoms with Crippen LogP contribution >= 0.6 is 15.0 Å². The third-order valence-corrected chi connectivity index (χ3v) is 8.84. The van der Waals surface area contributed by atoms with Gasteiger partial charge in [-0.05, 0) is 26.3 Å². The van der Waals surface area contributed by atoms with E-state index in [9.17, 15) is 14.2 Å². The summed E-state index contributed by atoms with van der Waals surface area (Å²) in [4.78, 5) is 0. The van der Waals surface area contributed by atoms with E-state index in [1.165, 1.54) is 0 Å². The molecule has 22 heavy (non-hydrogen) atoms. The van der Waals surface area contributed by atoms with Crippen LogP contribution < -0.4 is 0 Å². The second-order valence-electron chi connectivity index (χ2n) is 4.52. The number of hydrogen-bond acceptors (Lipinski definition) is 6. The Kier molecular flexibility index (Phi) is 7.98. The lowest BCUT2D eigenvalue weighted by Crippen LogP contribution is -2.09. The Morgan fingerprint density at radius 3 is 1.91 bits per heavy atom. The molecule has 126 valence electrons. The molecule has 1 aromatic carbocycles. The molecular formula is C14H24O6P2. The lowest BCUT2D eigenvalue weighted by atomic mass is 10.2. The van der Waals surface area contributed by atoms with Crippen molar-refractivity contribution in [3.63, 3.8) is 0 Å². The van der Waals surface area contributed by atoms with Crippen LogP contribution in [0.4, 0.5) is 0 Å². The summed E-state index contributed by atoms with van der Waals surface area (Å²) in [6.45, 7) is 5.45. The van der Waals surface area contributed by atoms with E-state index < -0.39 is 26.7 Å². The SMILES string of the molecule is CCOP(=O)(CP(=O)(OCC)C(O)c1ccccc1)OCC. The minimum absolute atomic E-state index is 0.124. The predicted octanol–water partition coefficient (Wildman–Crippen LogP) is 4.22. The number of aliphatic hydroxyl groups is 1. The first-order valence-electron chi connectivity index (χ1n) is 7.25. The summed E-state index contributed by atoms with van der Waals surface area (Å²) in [5, 5.41) is 10.5. The van der Waals surface area contributed by atoms with E-state index in [-0.39, 0.29) is 19.8 Å². The molecule has 6 nitrogen and oxygen atoms in total. The monoisotopic (exact) mass is 350 g/mol. The minimum atomic E-state index is -3.67. The zero-order valence-electron chi connectivity index (χ0n) is 13.2. The van der Waals surface area contributed by atoms with E-state index in [4.69, 9.17) is 13.6 Å². The van der Waals surface area contributed by atoms with Gasteiger partial charge in [0.2, 0.25) is 7.37 Å². The molecule has 0 bridgehead atoms. The summed E-state index contributed by atoms with van der Waals surface area (Å²) in [5.41, 5.74) is 0.443. The average Bonchev–Trinajstić information content (AvgIpc) is 2.47. The van der Waals surface area contributed by atoms with Gasteiger partial charge < -0.3 is 18.7 Å². The van der Waals surface area contributed by atoms with Crippen LogP contribution in [0.1, 0.15) is 32.2 Å². The molecule has 1 aromatic rings. The molecule has 0 saturated heterocycles. The summed E-state index contributed by atoms with van der Waals surface area (Å²) in [6.07, 6.45) is 0. The highest BCUT2D eigenvalue weighted by molar-refractivity contribution is 7.74. The molecule has 0 heterocycles. The Morgan fingerprint density at radius 2 is 1.45 bits per heavy atom. The van der Waals surface area contributed by atoms with E-state index in [2.05, 4.69) is 0 Å². The van der Waals surface area contributed by atoms with Crippen LogP contribution in [0, 0.1) is 0 Å². The second kappa shape index (κ2) is 8.97. The summed E-state index contributed by atoms with van der Waals surface area (Å²) >= 11 is 0. The predicted molar refractivity (Wildman–Crippen MR) is 86.4 cm³/mol. The first-order valence-corrected chi connectivity index (χ1v) is 10.9. The third kappa shape index (κ3) is 5.31. The third-order valence-electron chi connectivity index (χ3n) is 2.84. The van der Waals surface area contributed by atoms with Gasteiger partial charge in [-0.1, -0.05) is 30.3 Å². The highest BCUT2D eigenvalue weighted by Crippen LogP contribution is 2.69. The standard InChI is InChI=1S/C14H24O6P2/c1-4-18-21(16,12-22(17,19-5-2)20-6-3)14(15)13-10-8-7-9-11-13/h7-11,14-15H,4-6,12H2,1-3H3. The normalized spacial score (nSPS) is 16.2. The first kappa shape index (κ1) is 19.6. The van der Waals surface area contributed by atoms with Crippen molar-refractivity contribution < 1.29 is 27.8 Å². The van der Waals surface area contributed by atoms with Gasteiger partial charge in [-0.2, -0.15) is 0 Å². The van der Waals surface area contributed by atoms with Crippen LogP contribution in [0.3, 0.4) is 0 Å². The molecule has 0 fully saturated rings. The molecule has 2 atom stereocenters. The lowest BCUT2D eigenvalue weighted by molar-refractivity contribution is 0.205. The summed E-state index contributed by atoms with van der Waals surface area (Å²) in [5.74, 6) is -1.83. The van der Waals surface area contributed by atoms with Crippen molar-refractivity contribution in [1.82, 2.24) is 0 Å². The number of benzene rings is 1. The quantitative estimate of drug-likeness (QED) is 0.636. The van der Waals surface area contributed by atoms with Crippen LogP contribution in [-0.2, 0) is 22.7 Å². The Hall–Kier alpha value is -0.480. The van der Waals surface area contributed by atoms with Crippen molar-refractivity contribution in [2.75, 3.05) is 25.7 Å². The van der Waals surface area contributed by atoms with Gasteiger partial charge >= 0.3 is 7.60 Å². The van der Waals surface area contributed by atoms with Crippen LogP contribution in [-0.4, -0.2) is 30.8 Å². The molecule has 0 spiro atoms. The average molecular weight is 350 g/mol. The maximum Gasteiger partial charge on any atom is 0.340 e. The fourth-order valence-corrected chi connectivity index (χ4v) is 7.61. The highest BCUT2D eigenvalue weighted by Gasteiger charge is 2.42.